The summed E-state index contributed by atoms with van der Waals surface area (Å²) in [7, 11) is 0. The minimum atomic E-state index is -0.696. The standard InChI is InChI=1S/C17H29N3O2/c1-6-19(10-12(2)3)11-20-15(21)17(18-16(20)22)13(4)8-7-9-14(17)5/h13-14H,2,6-11H2,1,3-5H3,(H,18,22)/t13-,14-/m1/s1. The molecule has 0 unspecified atom stereocenters. The number of likely N-dealkylation sites (N-methyl/N-ethyl adjacent to an activating group) is 1. The third-order valence-electron chi connectivity index (χ3n) is 5.27. The lowest BCUT2D eigenvalue weighted by molar-refractivity contribution is -0.137. The first kappa shape index (κ1) is 17.0. The molecule has 1 spiro atoms. The van der Waals surface area contributed by atoms with Crippen LogP contribution in [0.4, 0.5) is 4.79 Å². The molecule has 1 aliphatic heterocycles. The van der Waals surface area contributed by atoms with Crippen LogP contribution >= 0.6 is 0 Å². The number of amides is 3. The van der Waals surface area contributed by atoms with Gasteiger partial charge in [0.15, 0.2) is 0 Å². The Morgan fingerprint density at radius 3 is 2.45 bits per heavy atom. The van der Waals surface area contributed by atoms with Crippen LogP contribution in [-0.2, 0) is 4.79 Å². The molecule has 0 aromatic rings. The quantitative estimate of drug-likeness (QED) is 0.627. The van der Waals surface area contributed by atoms with Crippen LogP contribution in [-0.4, -0.2) is 47.0 Å². The van der Waals surface area contributed by atoms with E-state index in [1.54, 1.807) is 0 Å². The molecule has 0 radical (unpaired) electrons. The van der Waals surface area contributed by atoms with Crippen LogP contribution in [0.2, 0.25) is 0 Å². The minimum absolute atomic E-state index is 0.0441. The van der Waals surface area contributed by atoms with Crippen LogP contribution < -0.4 is 5.32 Å². The number of nitrogens with zero attached hydrogens (tertiary/aromatic N) is 2. The molecule has 2 rings (SSSR count). The molecule has 124 valence electrons. The van der Waals surface area contributed by atoms with Gasteiger partial charge in [0.05, 0.1) is 6.67 Å². The van der Waals surface area contributed by atoms with Crippen molar-refractivity contribution in [1.29, 1.82) is 0 Å². The number of hydrogen-bond acceptors (Lipinski definition) is 3. The average Bonchev–Trinajstić information content (AvgIpc) is 2.69. The maximum absolute atomic E-state index is 13.0. The van der Waals surface area contributed by atoms with E-state index >= 15 is 0 Å². The average molecular weight is 307 g/mol. The van der Waals surface area contributed by atoms with Gasteiger partial charge in [-0.25, -0.2) is 9.69 Å². The van der Waals surface area contributed by atoms with Crippen LogP contribution in [0.1, 0.15) is 47.0 Å². The second kappa shape index (κ2) is 6.41. The molecule has 22 heavy (non-hydrogen) atoms. The highest BCUT2D eigenvalue weighted by Crippen LogP contribution is 2.42. The predicted octanol–water partition coefficient (Wildman–Crippen LogP) is 2.59. The van der Waals surface area contributed by atoms with Crippen molar-refractivity contribution in [3.63, 3.8) is 0 Å². The molecule has 0 aromatic carbocycles. The zero-order chi connectivity index (χ0) is 16.5. The minimum Gasteiger partial charge on any atom is -0.323 e. The summed E-state index contributed by atoms with van der Waals surface area (Å²) in [4.78, 5) is 28.9. The zero-order valence-electron chi connectivity index (χ0n) is 14.3. The molecule has 2 atom stereocenters. The van der Waals surface area contributed by atoms with Crippen LogP contribution in [0.3, 0.4) is 0 Å². The van der Waals surface area contributed by atoms with Crippen molar-refractivity contribution in [3.8, 4) is 0 Å². The normalized spacial score (nSPS) is 27.6. The Hall–Kier alpha value is -1.36. The SMILES string of the molecule is C=C(C)CN(CC)CN1C(=O)NC2(C1=O)[C@H](C)CCC[C@H]2C. The molecule has 5 nitrogen and oxygen atoms in total. The smallest absolute Gasteiger partial charge is 0.323 e. The number of carbonyl (C=O) groups excluding carboxylic acids is 2. The van der Waals surface area contributed by atoms with Gasteiger partial charge in [0.1, 0.15) is 5.54 Å². The number of rotatable bonds is 5. The number of urea groups is 1. The fraction of sp³-hybridized carbons (Fsp3) is 0.765. The number of hydrogen-bond donors (Lipinski definition) is 1. The monoisotopic (exact) mass is 307 g/mol. The fourth-order valence-corrected chi connectivity index (χ4v) is 3.92. The number of carbonyl (C=O) groups is 2. The zero-order valence-corrected chi connectivity index (χ0v) is 14.3. The second-order valence-corrected chi connectivity index (χ2v) is 7.01. The highest BCUT2D eigenvalue weighted by atomic mass is 16.2. The van der Waals surface area contributed by atoms with E-state index in [0.717, 1.165) is 31.4 Å². The number of nitrogens with one attached hydrogen (secondary N) is 1. The van der Waals surface area contributed by atoms with E-state index in [1.807, 2.05) is 13.8 Å². The van der Waals surface area contributed by atoms with E-state index in [1.165, 1.54) is 4.90 Å². The summed E-state index contributed by atoms with van der Waals surface area (Å²) in [6.45, 7) is 13.9. The maximum atomic E-state index is 13.0. The topological polar surface area (TPSA) is 52.6 Å². The molecule has 5 heteroatoms. The molecule has 2 aliphatic rings. The first-order valence-corrected chi connectivity index (χ1v) is 8.33. The third kappa shape index (κ3) is 2.78. The Labute approximate surface area is 133 Å². The van der Waals surface area contributed by atoms with E-state index in [0.29, 0.717) is 13.2 Å². The van der Waals surface area contributed by atoms with Crippen molar-refractivity contribution in [3.05, 3.63) is 12.2 Å². The molecular weight excluding hydrogens is 278 g/mol. The highest BCUT2D eigenvalue weighted by molar-refractivity contribution is 6.07. The van der Waals surface area contributed by atoms with Crippen LogP contribution in [0.25, 0.3) is 0 Å². The second-order valence-electron chi connectivity index (χ2n) is 7.01. The van der Waals surface area contributed by atoms with Crippen molar-refractivity contribution < 1.29 is 9.59 Å². The maximum Gasteiger partial charge on any atom is 0.326 e. The van der Waals surface area contributed by atoms with Gasteiger partial charge < -0.3 is 5.32 Å². The third-order valence-corrected chi connectivity index (χ3v) is 5.27. The van der Waals surface area contributed by atoms with Crippen LogP contribution in [0, 0.1) is 11.8 Å². The summed E-state index contributed by atoms with van der Waals surface area (Å²) >= 11 is 0. The molecule has 1 N–H and O–H groups in total. The van der Waals surface area contributed by atoms with E-state index in [4.69, 9.17) is 0 Å². The van der Waals surface area contributed by atoms with Gasteiger partial charge in [0.25, 0.3) is 5.91 Å². The van der Waals surface area contributed by atoms with Crippen molar-refractivity contribution in [2.75, 3.05) is 19.8 Å². The van der Waals surface area contributed by atoms with Crippen molar-refractivity contribution in [1.82, 2.24) is 15.1 Å². The van der Waals surface area contributed by atoms with E-state index < -0.39 is 5.54 Å². The van der Waals surface area contributed by atoms with Crippen molar-refractivity contribution >= 4 is 11.9 Å². The first-order valence-electron chi connectivity index (χ1n) is 8.33. The van der Waals surface area contributed by atoms with E-state index in [2.05, 4.69) is 30.6 Å². The van der Waals surface area contributed by atoms with Crippen molar-refractivity contribution in [2.45, 2.75) is 52.5 Å². The summed E-state index contributed by atoms with van der Waals surface area (Å²) < 4.78 is 0. The molecular formula is C17H29N3O2. The lowest BCUT2D eigenvalue weighted by Gasteiger charge is -2.42. The summed E-state index contributed by atoms with van der Waals surface area (Å²) in [6, 6.07) is -0.245. The van der Waals surface area contributed by atoms with Gasteiger partial charge in [-0.2, -0.15) is 0 Å². The molecule has 0 aromatic heterocycles. The summed E-state index contributed by atoms with van der Waals surface area (Å²) in [5.41, 5.74) is 0.334. The largest absolute Gasteiger partial charge is 0.326 e. The first-order chi connectivity index (χ1) is 10.3. The Kier molecular flexibility index (Phi) is 4.95. The van der Waals surface area contributed by atoms with Crippen LogP contribution in [0.15, 0.2) is 12.2 Å². The lowest BCUT2D eigenvalue weighted by atomic mass is 9.67. The van der Waals surface area contributed by atoms with E-state index in [9.17, 15) is 9.59 Å². The molecule has 1 saturated heterocycles. The Bertz CT molecular complexity index is 465. The Balaban J connectivity index is 2.19. The van der Waals surface area contributed by atoms with Gasteiger partial charge in [-0.3, -0.25) is 9.69 Å². The molecule has 1 heterocycles. The molecule has 2 fully saturated rings. The van der Waals surface area contributed by atoms with Gasteiger partial charge >= 0.3 is 6.03 Å². The van der Waals surface area contributed by atoms with Crippen molar-refractivity contribution in [2.24, 2.45) is 11.8 Å². The van der Waals surface area contributed by atoms with Gasteiger partial charge in [-0.15, -0.1) is 0 Å². The number of imide groups is 1. The Morgan fingerprint density at radius 1 is 1.36 bits per heavy atom. The molecule has 1 saturated carbocycles. The van der Waals surface area contributed by atoms with Gasteiger partial charge in [-0.05, 0) is 38.1 Å². The van der Waals surface area contributed by atoms with E-state index in [-0.39, 0.29) is 23.8 Å². The summed E-state index contributed by atoms with van der Waals surface area (Å²) in [5, 5.41) is 3.04. The fourth-order valence-electron chi connectivity index (χ4n) is 3.92. The molecule has 3 amide bonds. The van der Waals surface area contributed by atoms with Crippen LogP contribution in [0.5, 0.6) is 0 Å². The summed E-state index contributed by atoms with van der Waals surface area (Å²) in [5.74, 6) is 0.334. The summed E-state index contributed by atoms with van der Waals surface area (Å²) in [6.07, 6.45) is 3.12. The molecule has 1 aliphatic carbocycles. The van der Waals surface area contributed by atoms with Gasteiger partial charge in [0.2, 0.25) is 0 Å². The Morgan fingerprint density at radius 2 is 1.95 bits per heavy atom. The highest BCUT2D eigenvalue weighted by Gasteiger charge is 2.58. The lowest BCUT2D eigenvalue weighted by Crippen LogP contribution is -2.59. The predicted molar refractivity (Wildman–Crippen MR) is 87.2 cm³/mol. The molecule has 0 bridgehead atoms. The van der Waals surface area contributed by atoms with Gasteiger partial charge in [0, 0.05) is 6.54 Å². The van der Waals surface area contributed by atoms with Gasteiger partial charge in [-0.1, -0.05) is 39.3 Å².